The quantitative estimate of drug-likeness (QED) is 0.0358. The molecule has 0 N–H and O–H groups in total. The fourth-order valence-electron chi connectivity index (χ4n) is 13.6. The number of hydrogen-bond donors (Lipinski definition) is 0. The van der Waals surface area contributed by atoms with Crippen LogP contribution in [0.5, 0.6) is 0 Å². The summed E-state index contributed by atoms with van der Waals surface area (Å²) in [6, 6.07) is 10.0. The summed E-state index contributed by atoms with van der Waals surface area (Å²) in [5.41, 5.74) is 29.5. The minimum atomic E-state index is 1.03. The predicted molar refractivity (Wildman–Crippen MR) is 390 cm³/mol. The van der Waals surface area contributed by atoms with Crippen LogP contribution in [0.2, 0.25) is 10.8 Å². The molecule has 2 aromatic rings. The van der Waals surface area contributed by atoms with Crippen LogP contribution in [0.3, 0.4) is 0 Å². The molecule has 87 heavy (non-hydrogen) atoms. The maximum absolute atomic E-state index is 12.7. The molecule has 0 unspecified atom stereocenters. The van der Waals surface area contributed by atoms with Crippen molar-refractivity contribution in [1.82, 2.24) is 0 Å². The Kier molecular flexibility index (Phi) is 54.0. The molecule has 0 saturated carbocycles. The van der Waals surface area contributed by atoms with Crippen molar-refractivity contribution >= 4 is 11.4 Å². The average Bonchev–Trinajstić information content (AvgIpc) is 1.71. The second-order valence-electron chi connectivity index (χ2n) is 27.4. The van der Waals surface area contributed by atoms with Crippen LogP contribution in [0.15, 0.2) is 35.4 Å². The second kappa shape index (κ2) is 57.9. The minimum Gasteiger partial charge on any atom is -0.0654 e. The van der Waals surface area contributed by atoms with E-state index in [1.165, 1.54) is 351 Å². The Bertz CT molecular complexity index is 1800. The van der Waals surface area contributed by atoms with Gasteiger partial charge in [0.25, 0.3) is 0 Å². The monoisotopic (exact) mass is 1250 g/mol. The number of nitrogens with zero attached hydrogens (tertiary/aromatic N) is 2. The standard InChI is InChI=1S/C48H76N2.2C18H37.Ni/c1-9-17-25-37-33-41(34-38(26-18-10-2)43(37)29-21-13-5)47-45(31-23-15-7)46(32-24-16-8)48(50(47)49)42-35-39(27-19-11-3)44(30-22-14-6)40(36-42)28-20-12-4;2*1-3-5-7-9-11-13-15-17-18-16-14-12-10-8-6-4-2;/h33-36H,9-32H2,1-8H3;2*1,3-18H2,2H3;. The van der Waals surface area contributed by atoms with Crippen LogP contribution in [0.4, 0.5) is 0 Å². The topological polar surface area (TPSA) is 25.3 Å². The smallest absolute Gasteiger partial charge is 0.0654 e. The Hall–Kier alpha value is -1.99. The van der Waals surface area contributed by atoms with Crippen LogP contribution in [0, 0.1) is 0 Å². The maximum atomic E-state index is 12.7. The fourth-order valence-corrected chi connectivity index (χ4v) is 14.8. The second-order valence-corrected chi connectivity index (χ2v) is 28.9. The number of hydrogen-bond acceptors (Lipinski definition) is 0. The summed E-state index contributed by atoms with van der Waals surface area (Å²) in [4.78, 5) is 0. The fraction of sp³-hybridized carbons (Fsp3) is 0.810. The van der Waals surface area contributed by atoms with Crippen molar-refractivity contribution in [3.8, 4) is 0 Å². The van der Waals surface area contributed by atoms with Crippen molar-refractivity contribution in [1.29, 1.82) is 0 Å². The summed E-state index contributed by atoms with van der Waals surface area (Å²) in [5, 5.41) is 2.87. The van der Waals surface area contributed by atoms with Gasteiger partial charge in [0.2, 0.25) is 11.4 Å². The van der Waals surface area contributed by atoms with E-state index in [2.05, 4.69) is 93.5 Å². The van der Waals surface area contributed by atoms with Crippen molar-refractivity contribution in [3.05, 3.63) is 85.5 Å². The van der Waals surface area contributed by atoms with Crippen LogP contribution >= 0.6 is 0 Å². The first-order chi connectivity index (χ1) is 42.8. The van der Waals surface area contributed by atoms with E-state index < -0.39 is 0 Å². The summed E-state index contributed by atoms with van der Waals surface area (Å²) >= 11 is 2.04. The molecule has 0 fully saturated rings. The van der Waals surface area contributed by atoms with Gasteiger partial charge in [0, 0.05) is 22.3 Å². The summed E-state index contributed by atoms with van der Waals surface area (Å²) < 4.78 is 1.69. The van der Waals surface area contributed by atoms with E-state index in [0.29, 0.717) is 0 Å². The van der Waals surface area contributed by atoms with Gasteiger partial charge in [-0.3, -0.25) is 0 Å². The van der Waals surface area contributed by atoms with E-state index in [9.17, 15) is 5.53 Å². The summed E-state index contributed by atoms with van der Waals surface area (Å²) in [7, 11) is 0. The number of benzene rings is 2. The van der Waals surface area contributed by atoms with Gasteiger partial charge >= 0.3 is 166 Å². The molecular formula is C84H150N2Ni. The van der Waals surface area contributed by atoms with Crippen molar-refractivity contribution in [2.24, 2.45) is 0 Å². The van der Waals surface area contributed by atoms with E-state index in [1.807, 2.05) is 14.4 Å². The first-order valence-corrected chi connectivity index (χ1v) is 41.0. The van der Waals surface area contributed by atoms with E-state index in [1.54, 1.807) is 15.8 Å². The van der Waals surface area contributed by atoms with E-state index in [-0.39, 0.29) is 0 Å². The minimum absolute atomic E-state index is 1.03. The first-order valence-electron chi connectivity index (χ1n) is 39.6. The zero-order valence-electron chi connectivity index (χ0n) is 60.5. The molecule has 0 atom stereocenters. The Morgan fingerprint density at radius 1 is 0.241 bits per heavy atom. The van der Waals surface area contributed by atoms with Gasteiger partial charge in [0.1, 0.15) is 0 Å². The molecule has 0 saturated heterocycles. The van der Waals surface area contributed by atoms with Crippen LogP contribution in [0.25, 0.3) is 16.9 Å². The Morgan fingerprint density at radius 3 is 0.667 bits per heavy atom. The van der Waals surface area contributed by atoms with Gasteiger partial charge in [-0.2, -0.15) is 0 Å². The third-order valence-corrected chi connectivity index (χ3v) is 20.6. The molecule has 0 amide bonds. The molecule has 2 aromatic carbocycles. The van der Waals surface area contributed by atoms with Gasteiger partial charge in [-0.15, -0.1) is 0 Å². The van der Waals surface area contributed by atoms with Crippen molar-refractivity contribution in [2.75, 3.05) is 0 Å². The predicted octanol–water partition coefficient (Wildman–Crippen LogP) is 29.7. The van der Waals surface area contributed by atoms with Crippen LogP contribution < -0.4 is 0 Å². The Morgan fingerprint density at radius 2 is 0.437 bits per heavy atom. The summed E-state index contributed by atoms with van der Waals surface area (Å²) in [5.74, 6) is 0. The summed E-state index contributed by atoms with van der Waals surface area (Å²) in [6.45, 7) is 23.2. The van der Waals surface area contributed by atoms with Gasteiger partial charge < -0.3 is 5.53 Å². The molecular weight excluding hydrogens is 1100 g/mol. The van der Waals surface area contributed by atoms with Gasteiger partial charge in [0.15, 0.2) is 0 Å². The molecule has 0 bridgehead atoms. The number of rotatable bonds is 60. The van der Waals surface area contributed by atoms with Crippen molar-refractivity contribution < 1.29 is 19.1 Å². The molecule has 3 heteroatoms. The molecule has 0 radical (unpaired) electrons. The Balaban J connectivity index is 0.000000623. The van der Waals surface area contributed by atoms with E-state index >= 15 is 0 Å². The molecule has 0 aromatic heterocycles. The number of allylic oxidation sites excluding steroid dienone is 2. The summed E-state index contributed by atoms with van der Waals surface area (Å²) in [6.07, 6.45) is 75.4. The normalized spacial score (nSPS) is 12.6. The molecule has 3 rings (SSSR count). The molecule has 1 heterocycles. The van der Waals surface area contributed by atoms with Gasteiger partial charge in [-0.05, 0) is 160 Å². The first kappa shape index (κ1) is 81.1. The third-order valence-electron chi connectivity index (χ3n) is 19.3. The molecule has 0 aliphatic carbocycles. The molecule has 0 spiro atoms. The van der Waals surface area contributed by atoms with Gasteiger partial charge in [-0.1, -0.05) is 185 Å². The SMILES string of the molecule is CCCCC1=C(c2cc(CCCC)c(CCCC)c(CCCC)c2)[N+](=[N-])C(c2cc(CCCC)c(CCCC)c(CCCC)c2)=C1CCCC.CCCCCCCCCCCCCCCCC[CH2][Ni][CH2]CCCCCCCCCCCCCCCCC. The molecule has 1 aliphatic heterocycles. The zero-order valence-corrected chi connectivity index (χ0v) is 61.5. The third kappa shape index (κ3) is 36.7. The van der Waals surface area contributed by atoms with Crippen molar-refractivity contribution in [3.63, 3.8) is 0 Å². The number of unbranched alkanes of at least 4 members (excludes halogenated alkanes) is 38. The van der Waals surface area contributed by atoms with Gasteiger partial charge in [-0.25, -0.2) is 4.70 Å². The van der Waals surface area contributed by atoms with Crippen LogP contribution in [0.1, 0.15) is 435 Å². The van der Waals surface area contributed by atoms with Crippen LogP contribution in [-0.2, 0) is 53.0 Å². The van der Waals surface area contributed by atoms with E-state index in [0.717, 1.165) is 75.6 Å². The molecule has 2 nitrogen and oxygen atoms in total. The zero-order chi connectivity index (χ0) is 63.1. The molecule has 1 aliphatic rings. The Labute approximate surface area is 552 Å². The average molecular weight is 1250 g/mol. The van der Waals surface area contributed by atoms with Crippen molar-refractivity contribution in [2.45, 2.75) is 440 Å². The number of aryl methyl sites for hydroxylation is 4. The molecule has 506 valence electrons. The van der Waals surface area contributed by atoms with Gasteiger partial charge in [0.05, 0.1) is 0 Å². The van der Waals surface area contributed by atoms with E-state index in [4.69, 9.17) is 0 Å². The van der Waals surface area contributed by atoms with Crippen LogP contribution in [-0.4, -0.2) is 4.70 Å².